The van der Waals surface area contributed by atoms with Crippen molar-refractivity contribution >= 4 is 23.5 Å². The monoisotopic (exact) mass is 256 g/mol. The van der Waals surface area contributed by atoms with E-state index in [0.717, 1.165) is 5.56 Å². The van der Waals surface area contributed by atoms with Crippen molar-refractivity contribution in [1.29, 1.82) is 0 Å². The van der Waals surface area contributed by atoms with E-state index >= 15 is 0 Å². The Labute approximate surface area is 106 Å². The number of carbonyl (C=O) groups is 1. The van der Waals surface area contributed by atoms with Gasteiger partial charge in [-0.3, -0.25) is 4.99 Å². The van der Waals surface area contributed by atoms with E-state index in [9.17, 15) is 4.79 Å². The standard InChI is InChI=1S/C10H14N2O2S.C2H6/c11-4-1-2-9(10(13)14)12-6-8-3-5-15-7-8;1-2/h3,5-7,9H,1-2,4,11H2,(H,13,14);1-2H3. The Morgan fingerprint density at radius 2 is 2.35 bits per heavy atom. The summed E-state index contributed by atoms with van der Waals surface area (Å²) in [6, 6.07) is 1.23. The van der Waals surface area contributed by atoms with Crippen molar-refractivity contribution in [3.05, 3.63) is 22.4 Å². The van der Waals surface area contributed by atoms with E-state index in [1.807, 2.05) is 30.7 Å². The summed E-state index contributed by atoms with van der Waals surface area (Å²) in [5.74, 6) is -0.894. The molecule has 0 aromatic carbocycles. The molecule has 0 saturated carbocycles. The Hall–Kier alpha value is -1.20. The SMILES string of the molecule is CC.NCCCC(N=Cc1ccsc1)C(=O)O. The molecule has 1 rings (SSSR count). The minimum Gasteiger partial charge on any atom is -0.480 e. The van der Waals surface area contributed by atoms with E-state index in [0.29, 0.717) is 19.4 Å². The van der Waals surface area contributed by atoms with E-state index in [1.165, 1.54) is 0 Å². The van der Waals surface area contributed by atoms with Gasteiger partial charge in [-0.05, 0) is 36.2 Å². The largest absolute Gasteiger partial charge is 0.480 e. The first-order chi connectivity index (χ1) is 8.24. The van der Waals surface area contributed by atoms with Crippen LogP contribution in [0.2, 0.25) is 0 Å². The fraction of sp³-hybridized carbons (Fsp3) is 0.500. The van der Waals surface area contributed by atoms with Crippen LogP contribution >= 0.6 is 11.3 Å². The Morgan fingerprint density at radius 1 is 1.65 bits per heavy atom. The predicted molar refractivity (Wildman–Crippen MR) is 73.0 cm³/mol. The van der Waals surface area contributed by atoms with Crippen LogP contribution in [0.1, 0.15) is 32.3 Å². The number of thiophene rings is 1. The van der Waals surface area contributed by atoms with Gasteiger partial charge in [0.15, 0.2) is 0 Å². The molecule has 0 aliphatic rings. The zero-order chi connectivity index (χ0) is 13.1. The third kappa shape index (κ3) is 6.86. The first-order valence-corrected chi connectivity index (χ1v) is 6.66. The number of hydrogen-bond donors (Lipinski definition) is 2. The average molecular weight is 256 g/mol. The van der Waals surface area contributed by atoms with Gasteiger partial charge >= 0.3 is 5.97 Å². The van der Waals surface area contributed by atoms with Gasteiger partial charge in [-0.1, -0.05) is 13.8 Å². The summed E-state index contributed by atoms with van der Waals surface area (Å²) in [7, 11) is 0. The normalized spacial score (nSPS) is 11.9. The lowest BCUT2D eigenvalue weighted by Gasteiger charge is -2.05. The van der Waals surface area contributed by atoms with Crippen LogP contribution in [0.3, 0.4) is 0 Å². The molecule has 0 radical (unpaired) electrons. The zero-order valence-corrected chi connectivity index (χ0v) is 11.1. The zero-order valence-electron chi connectivity index (χ0n) is 10.3. The first kappa shape index (κ1) is 15.8. The minimum absolute atomic E-state index is 0.493. The smallest absolute Gasteiger partial charge is 0.328 e. The van der Waals surface area contributed by atoms with Crippen LogP contribution in [0.25, 0.3) is 0 Å². The van der Waals surface area contributed by atoms with Gasteiger partial charge in [0, 0.05) is 11.8 Å². The molecule has 0 bridgehead atoms. The maximum atomic E-state index is 10.8. The van der Waals surface area contributed by atoms with Crippen molar-refractivity contribution in [1.82, 2.24) is 0 Å². The van der Waals surface area contributed by atoms with E-state index in [1.54, 1.807) is 17.6 Å². The van der Waals surface area contributed by atoms with Gasteiger partial charge in [0.05, 0.1) is 0 Å². The quantitative estimate of drug-likeness (QED) is 0.767. The van der Waals surface area contributed by atoms with E-state index in [4.69, 9.17) is 10.8 Å². The highest BCUT2D eigenvalue weighted by Crippen LogP contribution is 2.06. The third-order valence-corrected chi connectivity index (χ3v) is 2.61. The summed E-state index contributed by atoms with van der Waals surface area (Å²) in [5, 5.41) is 12.7. The Kier molecular flexibility index (Phi) is 9.28. The van der Waals surface area contributed by atoms with Crippen LogP contribution in [0.5, 0.6) is 0 Å². The summed E-state index contributed by atoms with van der Waals surface area (Å²) in [6.07, 6.45) is 2.77. The molecule has 0 fully saturated rings. The summed E-state index contributed by atoms with van der Waals surface area (Å²) in [5.41, 5.74) is 6.27. The molecule has 0 saturated heterocycles. The lowest BCUT2D eigenvalue weighted by molar-refractivity contribution is -0.138. The first-order valence-electron chi connectivity index (χ1n) is 5.72. The highest BCUT2D eigenvalue weighted by Gasteiger charge is 2.13. The number of rotatable bonds is 6. The van der Waals surface area contributed by atoms with Gasteiger partial charge in [0.2, 0.25) is 0 Å². The molecule has 96 valence electrons. The molecule has 1 atom stereocenters. The molecule has 1 heterocycles. The van der Waals surface area contributed by atoms with Gasteiger partial charge in [0.1, 0.15) is 6.04 Å². The van der Waals surface area contributed by atoms with Crippen LogP contribution in [-0.4, -0.2) is 29.9 Å². The van der Waals surface area contributed by atoms with Crippen LogP contribution in [0.4, 0.5) is 0 Å². The summed E-state index contributed by atoms with van der Waals surface area (Å²) >= 11 is 1.56. The molecule has 0 aliphatic carbocycles. The molecular formula is C12H20N2O2S. The summed E-state index contributed by atoms with van der Waals surface area (Å²) in [4.78, 5) is 14.8. The Balaban J connectivity index is 0.00000121. The molecular weight excluding hydrogens is 236 g/mol. The van der Waals surface area contributed by atoms with Crippen molar-refractivity contribution in [3.63, 3.8) is 0 Å². The molecule has 5 heteroatoms. The topological polar surface area (TPSA) is 75.7 Å². The molecule has 0 spiro atoms. The molecule has 1 aromatic rings. The van der Waals surface area contributed by atoms with Gasteiger partial charge in [-0.15, -0.1) is 0 Å². The van der Waals surface area contributed by atoms with Gasteiger partial charge in [0.25, 0.3) is 0 Å². The van der Waals surface area contributed by atoms with Crippen molar-refractivity contribution in [2.75, 3.05) is 6.54 Å². The molecule has 4 nitrogen and oxygen atoms in total. The fourth-order valence-corrected chi connectivity index (χ4v) is 1.71. The highest BCUT2D eigenvalue weighted by atomic mass is 32.1. The summed E-state index contributed by atoms with van der Waals surface area (Å²) in [6.45, 7) is 4.50. The molecule has 17 heavy (non-hydrogen) atoms. The van der Waals surface area contributed by atoms with Crippen LogP contribution in [-0.2, 0) is 4.79 Å². The second kappa shape index (κ2) is 9.99. The van der Waals surface area contributed by atoms with E-state index < -0.39 is 12.0 Å². The molecule has 0 amide bonds. The minimum atomic E-state index is -0.894. The molecule has 0 aliphatic heterocycles. The van der Waals surface area contributed by atoms with Crippen LogP contribution in [0.15, 0.2) is 21.8 Å². The van der Waals surface area contributed by atoms with E-state index in [-0.39, 0.29) is 0 Å². The third-order valence-electron chi connectivity index (χ3n) is 1.91. The number of nitrogens with two attached hydrogens (primary N) is 1. The number of aliphatic carboxylic acids is 1. The number of hydrogen-bond acceptors (Lipinski definition) is 4. The number of carboxylic acids is 1. The molecule has 1 aromatic heterocycles. The maximum absolute atomic E-state index is 10.8. The van der Waals surface area contributed by atoms with Crippen molar-refractivity contribution in [2.45, 2.75) is 32.7 Å². The van der Waals surface area contributed by atoms with Gasteiger partial charge < -0.3 is 10.8 Å². The molecule has 3 N–H and O–H groups in total. The number of nitrogens with zero attached hydrogens (tertiary/aromatic N) is 1. The average Bonchev–Trinajstić information content (AvgIpc) is 2.84. The van der Waals surface area contributed by atoms with Gasteiger partial charge in [-0.25, -0.2) is 4.79 Å². The second-order valence-corrected chi connectivity index (χ2v) is 3.90. The van der Waals surface area contributed by atoms with Crippen molar-refractivity contribution in [2.24, 2.45) is 10.7 Å². The lowest BCUT2D eigenvalue weighted by atomic mass is 10.1. The number of aliphatic imine (C=N–C) groups is 1. The fourth-order valence-electron chi connectivity index (χ4n) is 1.10. The Bertz CT molecular complexity index is 323. The summed E-state index contributed by atoms with van der Waals surface area (Å²) < 4.78 is 0. The second-order valence-electron chi connectivity index (χ2n) is 3.12. The lowest BCUT2D eigenvalue weighted by Crippen LogP contribution is -2.19. The molecule has 1 unspecified atom stereocenters. The van der Waals surface area contributed by atoms with Crippen molar-refractivity contribution in [3.8, 4) is 0 Å². The Morgan fingerprint density at radius 3 is 2.82 bits per heavy atom. The van der Waals surface area contributed by atoms with Crippen molar-refractivity contribution < 1.29 is 9.90 Å². The van der Waals surface area contributed by atoms with Crippen LogP contribution < -0.4 is 5.73 Å². The number of carboxylic acid groups (broad SMARTS) is 1. The van der Waals surface area contributed by atoms with E-state index in [2.05, 4.69) is 4.99 Å². The predicted octanol–water partition coefficient (Wildman–Crippen LogP) is 2.39. The highest BCUT2D eigenvalue weighted by molar-refractivity contribution is 7.08. The maximum Gasteiger partial charge on any atom is 0.328 e. The van der Waals surface area contributed by atoms with Gasteiger partial charge in [-0.2, -0.15) is 11.3 Å². The van der Waals surface area contributed by atoms with Crippen LogP contribution in [0, 0.1) is 0 Å².